The summed E-state index contributed by atoms with van der Waals surface area (Å²) in [4.78, 5) is 12.7. The molecule has 0 amide bonds. The molecular weight excluding hydrogens is 262 g/mol. The molecule has 108 valence electrons. The summed E-state index contributed by atoms with van der Waals surface area (Å²) in [6.07, 6.45) is 1.13. The van der Waals surface area contributed by atoms with Crippen LogP contribution in [0.5, 0.6) is 0 Å². The number of carboxylic acid groups (broad SMARTS) is 1. The number of carbonyl (C=O) groups is 1. The Bertz CT molecular complexity index is 401. The van der Waals surface area contributed by atoms with Gasteiger partial charge in [0, 0.05) is 36.6 Å². The van der Waals surface area contributed by atoms with E-state index in [0.29, 0.717) is 0 Å². The average molecular weight is 285 g/mol. The number of rotatable bonds is 9. The van der Waals surface area contributed by atoms with Gasteiger partial charge in [-0.25, -0.2) is 0 Å². The first kappa shape index (κ1) is 16.1. The quantitative estimate of drug-likeness (QED) is 0.732. The molecule has 1 aromatic heterocycles. The summed E-state index contributed by atoms with van der Waals surface area (Å²) in [7, 11) is 1.72. The van der Waals surface area contributed by atoms with Crippen molar-refractivity contribution >= 4 is 17.3 Å². The van der Waals surface area contributed by atoms with Gasteiger partial charge in [-0.15, -0.1) is 11.3 Å². The minimum Gasteiger partial charge on any atom is -0.481 e. The molecule has 5 heteroatoms. The van der Waals surface area contributed by atoms with Gasteiger partial charge in [-0.1, -0.05) is 13.8 Å². The molecule has 0 aliphatic heterocycles. The SMILES string of the molecule is COCCC(C)(C)CNCc1ccc(CC(=O)O)s1. The minimum atomic E-state index is -0.776. The Morgan fingerprint density at radius 3 is 2.74 bits per heavy atom. The van der Waals surface area contributed by atoms with Crippen LogP contribution >= 0.6 is 11.3 Å². The van der Waals surface area contributed by atoms with Crippen LogP contribution in [0.3, 0.4) is 0 Å². The van der Waals surface area contributed by atoms with Gasteiger partial charge in [0.25, 0.3) is 0 Å². The number of thiophene rings is 1. The van der Waals surface area contributed by atoms with E-state index in [1.54, 1.807) is 18.4 Å². The first-order chi connectivity index (χ1) is 8.93. The monoisotopic (exact) mass is 285 g/mol. The van der Waals surface area contributed by atoms with Crippen LogP contribution in [0, 0.1) is 5.41 Å². The second-order valence-corrected chi connectivity index (χ2v) is 6.70. The molecule has 0 aliphatic rings. The third-order valence-electron chi connectivity index (χ3n) is 2.93. The molecule has 0 aromatic carbocycles. The minimum absolute atomic E-state index is 0.115. The number of nitrogens with one attached hydrogen (secondary N) is 1. The summed E-state index contributed by atoms with van der Waals surface area (Å²) in [6, 6.07) is 3.89. The number of hydrogen-bond donors (Lipinski definition) is 2. The van der Waals surface area contributed by atoms with Gasteiger partial charge in [-0.2, -0.15) is 0 Å². The number of carboxylic acids is 1. The Hall–Kier alpha value is -0.910. The van der Waals surface area contributed by atoms with Gasteiger partial charge < -0.3 is 15.2 Å². The van der Waals surface area contributed by atoms with Gasteiger partial charge in [0.2, 0.25) is 0 Å². The molecule has 0 saturated carbocycles. The van der Waals surface area contributed by atoms with Crippen molar-refractivity contribution in [1.29, 1.82) is 0 Å². The van der Waals surface area contributed by atoms with Crippen LogP contribution in [0.4, 0.5) is 0 Å². The average Bonchev–Trinajstić information content (AvgIpc) is 2.73. The van der Waals surface area contributed by atoms with E-state index < -0.39 is 5.97 Å². The highest BCUT2D eigenvalue weighted by Crippen LogP contribution is 2.20. The van der Waals surface area contributed by atoms with Crippen LogP contribution in [0.15, 0.2) is 12.1 Å². The molecule has 1 aromatic rings. The second kappa shape index (κ2) is 7.62. The lowest BCUT2D eigenvalue weighted by molar-refractivity contribution is -0.136. The molecule has 4 nitrogen and oxygen atoms in total. The van der Waals surface area contributed by atoms with Crippen molar-refractivity contribution in [2.24, 2.45) is 5.41 Å². The molecule has 0 unspecified atom stereocenters. The zero-order valence-corrected chi connectivity index (χ0v) is 12.7. The zero-order chi connectivity index (χ0) is 14.3. The lowest BCUT2D eigenvalue weighted by Crippen LogP contribution is -2.29. The highest BCUT2D eigenvalue weighted by atomic mass is 32.1. The summed E-state index contributed by atoms with van der Waals surface area (Å²) in [6.45, 7) is 6.91. The standard InChI is InChI=1S/C14H23NO3S/c1-14(2,6-7-18-3)10-15-9-12-5-4-11(19-12)8-13(16)17/h4-5,15H,6-10H2,1-3H3,(H,16,17). The third-order valence-corrected chi connectivity index (χ3v) is 4.01. The molecule has 0 aliphatic carbocycles. The van der Waals surface area contributed by atoms with Crippen LogP contribution in [-0.2, 0) is 22.5 Å². The predicted octanol–water partition coefficient (Wildman–Crippen LogP) is 2.53. The van der Waals surface area contributed by atoms with Crippen molar-refractivity contribution in [3.63, 3.8) is 0 Å². The molecule has 0 spiro atoms. The third kappa shape index (κ3) is 6.71. The molecule has 0 bridgehead atoms. The van der Waals surface area contributed by atoms with Gasteiger partial charge in [-0.3, -0.25) is 4.79 Å². The molecule has 0 atom stereocenters. The van der Waals surface area contributed by atoms with Crippen LogP contribution in [0.1, 0.15) is 30.0 Å². The molecule has 1 rings (SSSR count). The summed E-state index contributed by atoms with van der Waals surface area (Å²) in [5.74, 6) is -0.776. The highest BCUT2D eigenvalue weighted by molar-refractivity contribution is 7.12. The fraction of sp³-hybridized carbons (Fsp3) is 0.643. The van der Waals surface area contributed by atoms with E-state index in [4.69, 9.17) is 9.84 Å². The Labute approximate surface area is 118 Å². The zero-order valence-electron chi connectivity index (χ0n) is 11.9. The Morgan fingerprint density at radius 1 is 1.42 bits per heavy atom. The normalized spacial score (nSPS) is 11.7. The maximum Gasteiger partial charge on any atom is 0.308 e. The lowest BCUT2D eigenvalue weighted by Gasteiger charge is -2.24. The Kier molecular flexibility index (Phi) is 6.48. The fourth-order valence-corrected chi connectivity index (χ4v) is 2.73. The van der Waals surface area contributed by atoms with Crippen LogP contribution in [-0.4, -0.2) is 31.3 Å². The maximum absolute atomic E-state index is 10.6. The van der Waals surface area contributed by atoms with Crippen LogP contribution < -0.4 is 5.32 Å². The molecule has 2 N–H and O–H groups in total. The summed E-state index contributed by atoms with van der Waals surface area (Å²) < 4.78 is 5.10. The van der Waals surface area contributed by atoms with Gasteiger partial charge in [0.05, 0.1) is 6.42 Å². The molecule has 0 saturated heterocycles. The van der Waals surface area contributed by atoms with E-state index in [2.05, 4.69) is 19.2 Å². The van der Waals surface area contributed by atoms with Gasteiger partial charge in [0.1, 0.15) is 0 Å². The van der Waals surface area contributed by atoms with E-state index in [9.17, 15) is 4.79 Å². The van der Waals surface area contributed by atoms with Crippen molar-refractivity contribution in [3.05, 3.63) is 21.9 Å². The molecular formula is C14H23NO3S. The summed E-state index contributed by atoms with van der Waals surface area (Å²) >= 11 is 1.56. The summed E-state index contributed by atoms with van der Waals surface area (Å²) in [5, 5.41) is 12.1. The van der Waals surface area contributed by atoms with E-state index in [1.165, 1.54) is 4.88 Å². The lowest BCUT2D eigenvalue weighted by atomic mass is 9.90. The van der Waals surface area contributed by atoms with Crippen LogP contribution in [0.25, 0.3) is 0 Å². The van der Waals surface area contributed by atoms with E-state index in [-0.39, 0.29) is 11.8 Å². The molecule has 0 fully saturated rings. The molecule has 1 heterocycles. The number of hydrogen-bond acceptors (Lipinski definition) is 4. The Morgan fingerprint density at radius 2 is 2.11 bits per heavy atom. The van der Waals surface area contributed by atoms with E-state index in [0.717, 1.165) is 31.0 Å². The van der Waals surface area contributed by atoms with Crippen molar-refractivity contribution in [2.45, 2.75) is 33.2 Å². The van der Waals surface area contributed by atoms with E-state index in [1.807, 2.05) is 12.1 Å². The van der Waals surface area contributed by atoms with E-state index >= 15 is 0 Å². The van der Waals surface area contributed by atoms with Crippen LogP contribution in [0.2, 0.25) is 0 Å². The Balaban J connectivity index is 2.32. The highest BCUT2D eigenvalue weighted by Gasteiger charge is 2.16. The number of methoxy groups -OCH3 is 1. The predicted molar refractivity (Wildman–Crippen MR) is 77.6 cm³/mol. The summed E-state index contributed by atoms with van der Waals surface area (Å²) in [5.41, 5.74) is 0.206. The molecule has 19 heavy (non-hydrogen) atoms. The van der Waals surface area contributed by atoms with Crippen molar-refractivity contribution < 1.29 is 14.6 Å². The maximum atomic E-state index is 10.6. The van der Waals surface area contributed by atoms with Crippen molar-refractivity contribution in [1.82, 2.24) is 5.32 Å². The first-order valence-electron chi connectivity index (χ1n) is 6.42. The largest absolute Gasteiger partial charge is 0.481 e. The first-order valence-corrected chi connectivity index (χ1v) is 7.23. The van der Waals surface area contributed by atoms with Gasteiger partial charge >= 0.3 is 5.97 Å². The van der Waals surface area contributed by atoms with Crippen molar-refractivity contribution in [2.75, 3.05) is 20.3 Å². The van der Waals surface area contributed by atoms with Gasteiger partial charge in [-0.05, 0) is 24.0 Å². The number of aliphatic carboxylic acids is 1. The van der Waals surface area contributed by atoms with Crippen molar-refractivity contribution in [3.8, 4) is 0 Å². The smallest absolute Gasteiger partial charge is 0.308 e. The second-order valence-electron chi connectivity index (χ2n) is 5.45. The fourth-order valence-electron chi connectivity index (χ4n) is 1.75. The van der Waals surface area contributed by atoms with Gasteiger partial charge in [0.15, 0.2) is 0 Å². The number of ether oxygens (including phenoxy) is 1. The topological polar surface area (TPSA) is 58.6 Å². The molecule has 0 radical (unpaired) electrons.